The molecule has 0 spiro atoms. The summed E-state index contributed by atoms with van der Waals surface area (Å²) < 4.78 is 8.73. The highest BCUT2D eigenvalue weighted by Gasteiger charge is 2.11. The maximum atomic E-state index is 8.40. The topological polar surface area (TPSA) is 47.9 Å². The lowest BCUT2D eigenvalue weighted by atomic mass is 10.8. The van der Waals surface area contributed by atoms with Crippen LogP contribution >= 0.6 is 8.60 Å². The third kappa shape index (κ3) is 1.67. The van der Waals surface area contributed by atoms with Crippen molar-refractivity contribution in [3.63, 3.8) is 0 Å². The average Bonchev–Trinajstić information content (AvgIpc) is 1.69. The van der Waals surface area contributed by atoms with E-state index in [9.17, 15) is 0 Å². The second-order valence-corrected chi connectivity index (χ2v) is 1.85. The van der Waals surface area contributed by atoms with Crippen molar-refractivity contribution in [1.82, 2.24) is 0 Å². The molecule has 1 heterocycles. The lowest BCUT2D eigenvalue weighted by Crippen LogP contribution is -2.07. The quantitative estimate of drug-likeness (QED) is 0.369. The monoisotopic (exact) mass is 124 g/mol. The van der Waals surface area contributed by atoms with E-state index in [1.54, 1.807) is 0 Å². The summed E-state index contributed by atoms with van der Waals surface area (Å²) in [4.78, 5) is 12.7. The minimum atomic E-state index is -1.71. The molecule has 1 unspecified atom stereocenters. The second kappa shape index (κ2) is 2.55. The smallest absolute Gasteiger partial charge is 0.326 e. The Hall–Kier alpha value is 0.270. The fraction of sp³-hybridized carbons (Fsp3) is 1.00. The first-order chi connectivity index (χ1) is 3.39. The lowest BCUT2D eigenvalue weighted by Gasteiger charge is -2.13. The van der Waals surface area contributed by atoms with Gasteiger partial charge >= 0.3 is 8.60 Å². The van der Waals surface area contributed by atoms with Gasteiger partial charge in [-0.2, -0.15) is 4.67 Å². The Morgan fingerprint density at radius 1 is 1.43 bits per heavy atom. The molecule has 0 aliphatic carbocycles. The van der Waals surface area contributed by atoms with Crippen LogP contribution in [0.2, 0.25) is 0 Å². The van der Waals surface area contributed by atoms with Crippen LogP contribution in [-0.2, 0) is 14.1 Å². The third-order valence-electron chi connectivity index (χ3n) is 0.485. The standard InChI is InChI=1S/C2H5O4P/c3-7-5-2-1-4-6-7/h3H,1-2H2. The van der Waals surface area contributed by atoms with Gasteiger partial charge in [0.2, 0.25) is 0 Å². The Bertz CT molecular complexity index is 51.7. The van der Waals surface area contributed by atoms with Gasteiger partial charge in [-0.05, 0) is 0 Å². The van der Waals surface area contributed by atoms with E-state index in [1.165, 1.54) is 0 Å². The van der Waals surface area contributed by atoms with E-state index in [-0.39, 0.29) is 0 Å². The molecule has 1 fully saturated rings. The van der Waals surface area contributed by atoms with Crippen LogP contribution < -0.4 is 0 Å². The predicted octanol–water partition coefficient (Wildman–Crippen LogP) is 0.184. The van der Waals surface area contributed by atoms with Gasteiger partial charge in [-0.1, -0.05) is 0 Å². The zero-order chi connectivity index (χ0) is 5.11. The summed E-state index contributed by atoms with van der Waals surface area (Å²) in [5.41, 5.74) is 0. The van der Waals surface area contributed by atoms with Crippen molar-refractivity contribution in [3.05, 3.63) is 0 Å². The van der Waals surface area contributed by atoms with Crippen molar-refractivity contribution in [2.45, 2.75) is 0 Å². The van der Waals surface area contributed by atoms with Gasteiger partial charge in [0, 0.05) is 0 Å². The lowest BCUT2D eigenvalue weighted by molar-refractivity contribution is -0.240. The van der Waals surface area contributed by atoms with Crippen LogP contribution in [-0.4, -0.2) is 18.1 Å². The Balaban J connectivity index is 2.12. The summed E-state index contributed by atoms with van der Waals surface area (Å²) in [5, 5.41) is 0. The zero-order valence-corrected chi connectivity index (χ0v) is 4.43. The summed E-state index contributed by atoms with van der Waals surface area (Å²) in [7, 11) is -1.71. The van der Waals surface area contributed by atoms with Gasteiger partial charge in [-0.25, -0.2) is 4.89 Å². The molecule has 0 radical (unpaired) electrons. The molecule has 7 heavy (non-hydrogen) atoms. The van der Waals surface area contributed by atoms with Crippen LogP contribution in [0.4, 0.5) is 0 Å². The van der Waals surface area contributed by atoms with Crippen LogP contribution in [0.3, 0.4) is 0 Å². The van der Waals surface area contributed by atoms with Gasteiger partial charge in [0.05, 0.1) is 6.61 Å². The van der Waals surface area contributed by atoms with Gasteiger partial charge in [0.25, 0.3) is 0 Å². The Morgan fingerprint density at radius 3 is 2.57 bits per heavy atom. The Kier molecular flexibility index (Phi) is 1.97. The molecule has 0 aromatic carbocycles. The summed E-state index contributed by atoms with van der Waals surface area (Å²) in [6.07, 6.45) is 0. The highest BCUT2D eigenvalue weighted by molar-refractivity contribution is 7.40. The van der Waals surface area contributed by atoms with Gasteiger partial charge in [0.15, 0.2) is 0 Å². The van der Waals surface area contributed by atoms with E-state index in [1.807, 2.05) is 0 Å². The molecule has 1 rings (SSSR count). The highest BCUT2D eigenvalue weighted by atomic mass is 31.2. The molecule has 1 N–H and O–H groups in total. The molecule has 0 amide bonds. The first-order valence-electron chi connectivity index (χ1n) is 1.81. The van der Waals surface area contributed by atoms with E-state index in [0.29, 0.717) is 13.2 Å². The van der Waals surface area contributed by atoms with Crippen molar-refractivity contribution in [3.8, 4) is 0 Å². The summed E-state index contributed by atoms with van der Waals surface area (Å²) in [5.74, 6) is 0. The van der Waals surface area contributed by atoms with Crippen LogP contribution in [0.25, 0.3) is 0 Å². The largest absolute Gasteiger partial charge is 0.360 e. The molecule has 4 nitrogen and oxygen atoms in total. The Morgan fingerprint density at radius 2 is 2.29 bits per heavy atom. The first kappa shape index (κ1) is 5.41. The second-order valence-electron chi connectivity index (χ2n) is 0.968. The zero-order valence-electron chi connectivity index (χ0n) is 3.53. The Labute approximate surface area is 41.9 Å². The van der Waals surface area contributed by atoms with Gasteiger partial charge in [-0.15, -0.1) is 0 Å². The summed E-state index contributed by atoms with van der Waals surface area (Å²) in [6, 6.07) is 0. The van der Waals surface area contributed by atoms with Gasteiger partial charge < -0.3 is 9.42 Å². The number of hydrogen-bond donors (Lipinski definition) is 1. The minimum Gasteiger partial charge on any atom is -0.326 e. The average molecular weight is 124 g/mol. The number of rotatable bonds is 0. The third-order valence-corrected chi connectivity index (χ3v) is 1.12. The molecule has 0 aromatic rings. The van der Waals surface area contributed by atoms with Crippen molar-refractivity contribution in [1.29, 1.82) is 0 Å². The molecular weight excluding hydrogens is 119 g/mol. The molecule has 0 saturated carbocycles. The van der Waals surface area contributed by atoms with Crippen LogP contribution in [0.1, 0.15) is 0 Å². The van der Waals surface area contributed by atoms with E-state index < -0.39 is 8.60 Å². The SMILES string of the molecule is OP1OCCOO1. The molecule has 1 saturated heterocycles. The van der Waals surface area contributed by atoms with Gasteiger partial charge in [0.1, 0.15) is 6.61 Å². The highest BCUT2D eigenvalue weighted by Crippen LogP contribution is 2.34. The number of hydrogen-bond acceptors (Lipinski definition) is 4. The molecule has 1 aliphatic rings. The molecule has 1 aliphatic heterocycles. The molecule has 42 valence electrons. The van der Waals surface area contributed by atoms with Crippen LogP contribution in [0.5, 0.6) is 0 Å². The maximum Gasteiger partial charge on any atom is 0.360 e. The van der Waals surface area contributed by atoms with Crippen molar-refractivity contribution in [2.75, 3.05) is 13.2 Å². The van der Waals surface area contributed by atoms with Crippen molar-refractivity contribution in [2.24, 2.45) is 0 Å². The van der Waals surface area contributed by atoms with Crippen molar-refractivity contribution < 1.29 is 19.0 Å². The van der Waals surface area contributed by atoms with Gasteiger partial charge in [-0.3, -0.25) is 0 Å². The summed E-state index contributed by atoms with van der Waals surface area (Å²) in [6.45, 7) is 0.821. The predicted molar refractivity (Wildman–Crippen MR) is 22.1 cm³/mol. The molecule has 0 bridgehead atoms. The van der Waals surface area contributed by atoms with Crippen molar-refractivity contribution >= 4 is 8.60 Å². The summed E-state index contributed by atoms with van der Waals surface area (Å²) >= 11 is 0. The van der Waals surface area contributed by atoms with E-state index in [4.69, 9.17) is 4.89 Å². The molecular formula is C2H5O4P. The molecule has 1 atom stereocenters. The maximum absolute atomic E-state index is 8.40. The molecule has 5 heteroatoms. The fourth-order valence-corrected chi connectivity index (χ4v) is 0.692. The fourth-order valence-electron chi connectivity index (χ4n) is 0.253. The van der Waals surface area contributed by atoms with E-state index in [0.717, 1.165) is 0 Å². The van der Waals surface area contributed by atoms with E-state index in [2.05, 4.69) is 14.1 Å². The first-order valence-corrected chi connectivity index (χ1v) is 2.94. The molecule has 0 aromatic heterocycles. The van der Waals surface area contributed by atoms with E-state index >= 15 is 0 Å². The van der Waals surface area contributed by atoms with Crippen LogP contribution in [0, 0.1) is 0 Å². The van der Waals surface area contributed by atoms with Crippen LogP contribution in [0.15, 0.2) is 0 Å². The minimum absolute atomic E-state index is 0.402. The normalized spacial score (nSPS) is 33.0.